The minimum atomic E-state index is -1.39. The van der Waals surface area contributed by atoms with Crippen LogP contribution in [0.3, 0.4) is 0 Å². The standard InChI is InChI=1S/C10H14N2O4/c1-10(9(15)16,12-11-2)6-3-4-7(13)8(14)5-6/h3-5,11-14H,1-2H3,(H,15,16). The normalized spacial score (nSPS) is 14.4. The average Bonchev–Trinajstić information content (AvgIpc) is 2.22. The highest BCUT2D eigenvalue weighted by molar-refractivity contribution is 5.80. The van der Waals surface area contributed by atoms with Crippen LogP contribution in [0.1, 0.15) is 12.5 Å². The summed E-state index contributed by atoms with van der Waals surface area (Å²) in [6.45, 7) is 1.44. The molecule has 6 nitrogen and oxygen atoms in total. The van der Waals surface area contributed by atoms with E-state index in [2.05, 4.69) is 10.9 Å². The van der Waals surface area contributed by atoms with E-state index in [-0.39, 0.29) is 11.5 Å². The lowest BCUT2D eigenvalue weighted by atomic mass is 9.92. The molecular weight excluding hydrogens is 212 g/mol. The van der Waals surface area contributed by atoms with Gasteiger partial charge in [0.15, 0.2) is 17.0 Å². The Labute approximate surface area is 92.5 Å². The highest BCUT2D eigenvalue weighted by Crippen LogP contribution is 2.30. The Morgan fingerprint density at radius 3 is 2.38 bits per heavy atom. The number of phenols is 2. The lowest BCUT2D eigenvalue weighted by molar-refractivity contribution is -0.145. The second-order valence-electron chi connectivity index (χ2n) is 3.51. The average molecular weight is 226 g/mol. The molecule has 16 heavy (non-hydrogen) atoms. The Balaban J connectivity index is 3.21. The van der Waals surface area contributed by atoms with Crippen molar-refractivity contribution in [3.8, 4) is 11.5 Å². The molecule has 1 rings (SSSR count). The number of hydrazine groups is 1. The van der Waals surface area contributed by atoms with E-state index in [4.69, 9.17) is 10.2 Å². The number of carbonyl (C=O) groups is 1. The van der Waals surface area contributed by atoms with Gasteiger partial charge in [0.05, 0.1) is 0 Å². The van der Waals surface area contributed by atoms with Gasteiger partial charge in [-0.1, -0.05) is 6.07 Å². The van der Waals surface area contributed by atoms with Crippen LogP contribution in [0, 0.1) is 0 Å². The molecule has 1 unspecified atom stereocenters. The van der Waals surface area contributed by atoms with Gasteiger partial charge in [-0.25, -0.2) is 10.2 Å². The molecule has 88 valence electrons. The number of phenolic OH excluding ortho intramolecular Hbond substituents is 2. The van der Waals surface area contributed by atoms with Gasteiger partial charge in [0, 0.05) is 0 Å². The van der Waals surface area contributed by atoms with E-state index in [9.17, 15) is 9.90 Å². The molecule has 0 heterocycles. The van der Waals surface area contributed by atoms with Crippen LogP contribution in [-0.4, -0.2) is 28.3 Å². The first-order chi connectivity index (χ1) is 7.41. The highest BCUT2D eigenvalue weighted by atomic mass is 16.4. The summed E-state index contributed by atoms with van der Waals surface area (Å²) in [5.74, 6) is -1.75. The molecule has 1 aromatic rings. The molecule has 0 aliphatic rings. The molecule has 0 saturated carbocycles. The number of nitrogens with one attached hydrogen (secondary N) is 2. The first kappa shape index (κ1) is 12.3. The van der Waals surface area contributed by atoms with Gasteiger partial charge in [-0.15, -0.1) is 0 Å². The molecule has 0 radical (unpaired) electrons. The number of carboxylic acids is 1. The Morgan fingerprint density at radius 2 is 1.94 bits per heavy atom. The minimum Gasteiger partial charge on any atom is -0.504 e. The third-order valence-corrected chi connectivity index (χ3v) is 2.36. The maximum Gasteiger partial charge on any atom is 0.329 e. The Hall–Kier alpha value is -1.79. The van der Waals surface area contributed by atoms with Crippen LogP contribution >= 0.6 is 0 Å². The van der Waals surface area contributed by atoms with Crippen LogP contribution in [0.15, 0.2) is 18.2 Å². The van der Waals surface area contributed by atoms with E-state index in [1.807, 2.05) is 0 Å². The summed E-state index contributed by atoms with van der Waals surface area (Å²) in [6, 6.07) is 3.87. The lowest BCUT2D eigenvalue weighted by Gasteiger charge is -2.26. The maximum absolute atomic E-state index is 11.2. The topological polar surface area (TPSA) is 102 Å². The monoisotopic (exact) mass is 226 g/mol. The van der Waals surface area contributed by atoms with Gasteiger partial charge < -0.3 is 15.3 Å². The summed E-state index contributed by atoms with van der Waals surface area (Å²) in [6.07, 6.45) is 0. The Kier molecular flexibility index (Phi) is 3.36. The fraction of sp³-hybridized carbons (Fsp3) is 0.300. The van der Waals surface area contributed by atoms with Crippen LogP contribution in [0.4, 0.5) is 0 Å². The molecule has 6 heteroatoms. The third kappa shape index (κ3) is 2.07. The summed E-state index contributed by atoms with van der Waals surface area (Å²) >= 11 is 0. The second kappa shape index (κ2) is 4.38. The fourth-order valence-electron chi connectivity index (χ4n) is 1.33. The number of hydrogen-bond acceptors (Lipinski definition) is 5. The summed E-state index contributed by atoms with van der Waals surface area (Å²) in [4.78, 5) is 11.2. The van der Waals surface area contributed by atoms with Crippen molar-refractivity contribution in [1.29, 1.82) is 0 Å². The molecular formula is C10H14N2O4. The van der Waals surface area contributed by atoms with Crippen molar-refractivity contribution < 1.29 is 20.1 Å². The molecule has 1 aromatic carbocycles. The smallest absolute Gasteiger partial charge is 0.329 e. The van der Waals surface area contributed by atoms with Crippen molar-refractivity contribution in [3.63, 3.8) is 0 Å². The number of benzene rings is 1. The number of hydrogen-bond donors (Lipinski definition) is 5. The van der Waals surface area contributed by atoms with Crippen molar-refractivity contribution in [2.75, 3.05) is 7.05 Å². The molecule has 0 spiro atoms. The van der Waals surface area contributed by atoms with E-state index < -0.39 is 11.5 Å². The molecule has 1 atom stereocenters. The molecule has 5 N–H and O–H groups in total. The first-order valence-electron chi connectivity index (χ1n) is 4.61. The molecule has 0 fully saturated rings. The summed E-state index contributed by atoms with van der Waals surface area (Å²) in [5.41, 5.74) is 4.06. The summed E-state index contributed by atoms with van der Waals surface area (Å²) < 4.78 is 0. The SMILES string of the molecule is CNNC(C)(C(=O)O)c1ccc(O)c(O)c1. The zero-order valence-corrected chi connectivity index (χ0v) is 8.98. The van der Waals surface area contributed by atoms with Gasteiger partial charge in [0.1, 0.15) is 0 Å². The van der Waals surface area contributed by atoms with Gasteiger partial charge in [0.2, 0.25) is 0 Å². The molecule has 0 aromatic heterocycles. The fourth-order valence-corrected chi connectivity index (χ4v) is 1.33. The van der Waals surface area contributed by atoms with Gasteiger partial charge in [-0.05, 0) is 31.7 Å². The Morgan fingerprint density at radius 1 is 1.31 bits per heavy atom. The molecule has 0 saturated heterocycles. The highest BCUT2D eigenvalue weighted by Gasteiger charge is 2.35. The van der Waals surface area contributed by atoms with Gasteiger partial charge in [-0.2, -0.15) is 0 Å². The largest absolute Gasteiger partial charge is 0.504 e. The predicted molar refractivity (Wildman–Crippen MR) is 57.0 cm³/mol. The lowest BCUT2D eigenvalue weighted by Crippen LogP contribution is -2.51. The number of aliphatic carboxylic acids is 1. The summed E-state index contributed by atoms with van der Waals surface area (Å²) in [5, 5.41) is 27.6. The van der Waals surface area contributed by atoms with Gasteiger partial charge in [0.25, 0.3) is 0 Å². The van der Waals surface area contributed by atoms with Crippen molar-refractivity contribution >= 4 is 5.97 Å². The molecule has 0 aliphatic heterocycles. The second-order valence-corrected chi connectivity index (χ2v) is 3.51. The number of rotatable bonds is 4. The van der Waals surface area contributed by atoms with Crippen LogP contribution in [0.2, 0.25) is 0 Å². The zero-order valence-electron chi connectivity index (χ0n) is 8.98. The van der Waals surface area contributed by atoms with Crippen LogP contribution in [-0.2, 0) is 10.3 Å². The van der Waals surface area contributed by atoms with Crippen LogP contribution in [0.25, 0.3) is 0 Å². The molecule has 0 amide bonds. The van der Waals surface area contributed by atoms with Gasteiger partial charge >= 0.3 is 5.97 Å². The van der Waals surface area contributed by atoms with E-state index in [0.29, 0.717) is 5.56 Å². The number of carboxylic acid groups (broad SMARTS) is 1. The number of aromatic hydroxyl groups is 2. The van der Waals surface area contributed by atoms with Gasteiger partial charge in [-0.3, -0.25) is 5.43 Å². The maximum atomic E-state index is 11.2. The quantitative estimate of drug-likeness (QED) is 0.369. The molecule has 0 bridgehead atoms. The zero-order chi connectivity index (χ0) is 12.3. The van der Waals surface area contributed by atoms with Crippen molar-refractivity contribution in [1.82, 2.24) is 10.9 Å². The van der Waals surface area contributed by atoms with E-state index in [0.717, 1.165) is 0 Å². The first-order valence-corrected chi connectivity index (χ1v) is 4.61. The van der Waals surface area contributed by atoms with Crippen molar-refractivity contribution in [2.24, 2.45) is 0 Å². The summed E-state index contributed by atoms with van der Waals surface area (Å²) in [7, 11) is 1.54. The van der Waals surface area contributed by atoms with E-state index in [1.165, 1.54) is 25.1 Å². The van der Waals surface area contributed by atoms with E-state index >= 15 is 0 Å². The van der Waals surface area contributed by atoms with Crippen LogP contribution in [0.5, 0.6) is 11.5 Å². The van der Waals surface area contributed by atoms with Crippen LogP contribution < -0.4 is 10.9 Å². The Bertz CT molecular complexity index is 408. The van der Waals surface area contributed by atoms with Crippen molar-refractivity contribution in [2.45, 2.75) is 12.5 Å². The minimum absolute atomic E-state index is 0.291. The third-order valence-electron chi connectivity index (χ3n) is 2.36. The molecule has 0 aliphatic carbocycles. The predicted octanol–water partition coefficient (Wildman–Crippen LogP) is 0.122. The van der Waals surface area contributed by atoms with Crippen molar-refractivity contribution in [3.05, 3.63) is 23.8 Å². The van der Waals surface area contributed by atoms with E-state index in [1.54, 1.807) is 7.05 Å².